The Morgan fingerprint density at radius 1 is 0.575 bits per heavy atom. The first-order chi connectivity index (χ1) is 19.8. The molecule has 0 aliphatic carbocycles. The zero-order valence-corrected chi connectivity index (χ0v) is 24.1. The maximum atomic E-state index is 7.06. The normalized spacial score (nSPS) is 17.9. The van der Waals surface area contributed by atoms with Crippen LogP contribution in [0.25, 0.3) is 16.8 Å². The summed E-state index contributed by atoms with van der Waals surface area (Å²) in [5.41, 5.74) is 5.45. The van der Waals surface area contributed by atoms with Crippen molar-refractivity contribution < 1.29 is 4.74 Å². The fourth-order valence-electron chi connectivity index (χ4n) is 6.57. The number of rotatable bonds is 4. The molecule has 7 rings (SSSR count). The van der Waals surface area contributed by atoms with Gasteiger partial charge in [-0.3, -0.25) is 0 Å². The highest BCUT2D eigenvalue weighted by molar-refractivity contribution is 5.94. The van der Waals surface area contributed by atoms with Gasteiger partial charge >= 0.3 is 0 Å². The maximum Gasteiger partial charge on any atom is 0.178 e. The van der Waals surface area contributed by atoms with E-state index in [2.05, 4.69) is 107 Å². The van der Waals surface area contributed by atoms with E-state index >= 15 is 0 Å². The standard InChI is InChI=1S/C35H36N2O.C2H6/c1-5-23-36(24-6-1)30-16-12-28(13-17-30)35(29-14-18-31(19-15-29)37-25-7-2-8-26-37)22-21-33-32-10-4-3-9-27(32)11-20-34(33)38-35;1-2/h3-4,9-22H,1-2,5-8,23-26H2;1-2H3. The van der Waals surface area contributed by atoms with E-state index in [-0.39, 0.29) is 0 Å². The van der Waals surface area contributed by atoms with Gasteiger partial charge in [0.05, 0.1) is 0 Å². The summed E-state index contributed by atoms with van der Waals surface area (Å²) in [4.78, 5) is 5.04. The monoisotopic (exact) mass is 530 g/mol. The van der Waals surface area contributed by atoms with E-state index in [9.17, 15) is 0 Å². The molecule has 3 nitrogen and oxygen atoms in total. The van der Waals surface area contributed by atoms with Gasteiger partial charge in [-0.25, -0.2) is 0 Å². The first kappa shape index (κ1) is 26.5. The van der Waals surface area contributed by atoms with E-state index in [4.69, 9.17) is 4.74 Å². The van der Waals surface area contributed by atoms with Crippen molar-refractivity contribution in [2.45, 2.75) is 58.0 Å². The number of anilines is 2. The van der Waals surface area contributed by atoms with Crippen LogP contribution in [0.15, 0.2) is 91.0 Å². The van der Waals surface area contributed by atoms with Crippen molar-refractivity contribution in [1.82, 2.24) is 0 Å². The van der Waals surface area contributed by atoms with Gasteiger partial charge in [-0.05, 0) is 91.8 Å². The third kappa shape index (κ3) is 4.98. The molecular formula is C37H42N2O. The Hall–Kier alpha value is -3.72. The lowest BCUT2D eigenvalue weighted by Gasteiger charge is -2.37. The van der Waals surface area contributed by atoms with Crippen molar-refractivity contribution in [2.75, 3.05) is 36.0 Å². The van der Waals surface area contributed by atoms with Gasteiger partial charge in [0.25, 0.3) is 0 Å². The molecule has 0 aromatic heterocycles. The van der Waals surface area contributed by atoms with Crippen molar-refractivity contribution >= 4 is 28.2 Å². The number of piperidine rings is 2. The molecule has 0 bridgehead atoms. The second-order valence-corrected chi connectivity index (χ2v) is 11.1. The van der Waals surface area contributed by atoms with Crippen LogP contribution in [0.2, 0.25) is 0 Å². The quantitative estimate of drug-likeness (QED) is 0.262. The van der Waals surface area contributed by atoms with E-state index in [1.165, 1.54) is 71.8 Å². The first-order valence-corrected chi connectivity index (χ1v) is 15.4. The van der Waals surface area contributed by atoms with E-state index in [1.54, 1.807) is 0 Å². The van der Waals surface area contributed by atoms with Crippen LogP contribution in [0.1, 0.15) is 69.1 Å². The minimum absolute atomic E-state index is 0.670. The molecule has 0 N–H and O–H groups in total. The van der Waals surface area contributed by atoms with Crippen LogP contribution in [-0.2, 0) is 5.60 Å². The molecule has 3 heterocycles. The highest BCUT2D eigenvalue weighted by Crippen LogP contribution is 2.45. The molecule has 206 valence electrons. The van der Waals surface area contributed by atoms with Crippen LogP contribution in [0.3, 0.4) is 0 Å². The van der Waals surface area contributed by atoms with Gasteiger partial charge in [0.2, 0.25) is 0 Å². The minimum Gasteiger partial charge on any atom is -0.473 e. The molecule has 2 fully saturated rings. The van der Waals surface area contributed by atoms with Crippen molar-refractivity contribution in [1.29, 1.82) is 0 Å². The lowest BCUT2D eigenvalue weighted by molar-refractivity contribution is 0.161. The molecule has 3 aliphatic rings. The fourth-order valence-corrected chi connectivity index (χ4v) is 6.57. The summed E-state index contributed by atoms with van der Waals surface area (Å²) in [5.74, 6) is 0.936. The molecule has 3 aliphatic heterocycles. The summed E-state index contributed by atoms with van der Waals surface area (Å²) in [6.45, 7) is 8.61. The zero-order valence-electron chi connectivity index (χ0n) is 24.1. The number of benzene rings is 4. The van der Waals surface area contributed by atoms with Crippen molar-refractivity contribution in [3.05, 3.63) is 108 Å². The second kappa shape index (κ2) is 11.8. The van der Waals surface area contributed by atoms with Crippen LogP contribution >= 0.6 is 0 Å². The molecule has 0 saturated carbocycles. The first-order valence-electron chi connectivity index (χ1n) is 15.4. The van der Waals surface area contributed by atoms with E-state index in [0.717, 1.165) is 37.5 Å². The predicted molar refractivity (Wildman–Crippen MR) is 171 cm³/mol. The van der Waals surface area contributed by atoms with Gasteiger partial charge in [0.1, 0.15) is 5.75 Å². The number of fused-ring (bicyclic) bond motifs is 3. The van der Waals surface area contributed by atoms with Crippen molar-refractivity contribution in [2.24, 2.45) is 0 Å². The number of nitrogens with zero attached hydrogens (tertiary/aromatic N) is 2. The lowest BCUT2D eigenvalue weighted by atomic mass is 9.83. The van der Waals surface area contributed by atoms with Crippen LogP contribution < -0.4 is 14.5 Å². The Kier molecular flexibility index (Phi) is 7.82. The zero-order chi connectivity index (χ0) is 27.4. The molecular weight excluding hydrogens is 488 g/mol. The highest BCUT2D eigenvalue weighted by atomic mass is 16.5. The largest absolute Gasteiger partial charge is 0.473 e. The van der Waals surface area contributed by atoms with Gasteiger partial charge in [0.15, 0.2) is 5.60 Å². The Morgan fingerprint density at radius 2 is 1.10 bits per heavy atom. The lowest BCUT2D eigenvalue weighted by Crippen LogP contribution is -2.35. The third-order valence-electron chi connectivity index (χ3n) is 8.72. The summed E-state index contributed by atoms with van der Waals surface area (Å²) in [6, 6.07) is 31.1. The van der Waals surface area contributed by atoms with E-state index in [0.29, 0.717) is 0 Å². The van der Waals surface area contributed by atoms with Gasteiger partial charge in [-0.15, -0.1) is 0 Å². The number of ether oxygens (including phenoxy) is 1. The smallest absolute Gasteiger partial charge is 0.178 e. The third-order valence-corrected chi connectivity index (χ3v) is 8.72. The van der Waals surface area contributed by atoms with Gasteiger partial charge in [-0.1, -0.05) is 68.4 Å². The van der Waals surface area contributed by atoms with Crippen LogP contribution in [0.5, 0.6) is 5.75 Å². The minimum atomic E-state index is -0.670. The average molecular weight is 531 g/mol. The van der Waals surface area contributed by atoms with Crippen LogP contribution in [-0.4, -0.2) is 26.2 Å². The summed E-state index contributed by atoms with van der Waals surface area (Å²) in [6.07, 6.45) is 12.4. The molecule has 0 unspecified atom stereocenters. The SMILES string of the molecule is C1=CC(c2ccc(N3CCCCC3)cc2)(c2ccc(N3CCCCC3)cc2)Oc2ccc3ccccc3c21.CC. The highest BCUT2D eigenvalue weighted by Gasteiger charge is 2.37. The number of hydrogen-bond acceptors (Lipinski definition) is 3. The number of hydrogen-bond donors (Lipinski definition) is 0. The Bertz CT molecular complexity index is 1380. The average Bonchev–Trinajstić information content (AvgIpc) is 3.06. The van der Waals surface area contributed by atoms with Crippen LogP contribution in [0, 0.1) is 0 Å². The molecule has 4 aromatic rings. The Balaban J connectivity index is 0.00000142. The van der Waals surface area contributed by atoms with Crippen molar-refractivity contribution in [3.8, 4) is 5.75 Å². The maximum absolute atomic E-state index is 7.06. The van der Waals surface area contributed by atoms with Crippen molar-refractivity contribution in [3.63, 3.8) is 0 Å². The van der Waals surface area contributed by atoms with E-state index < -0.39 is 5.60 Å². The molecule has 3 heteroatoms. The van der Waals surface area contributed by atoms with Gasteiger partial charge in [-0.2, -0.15) is 0 Å². The fraction of sp³-hybridized carbons (Fsp3) is 0.351. The molecule has 0 spiro atoms. The molecule has 4 aromatic carbocycles. The molecule has 40 heavy (non-hydrogen) atoms. The van der Waals surface area contributed by atoms with E-state index in [1.807, 2.05) is 13.8 Å². The van der Waals surface area contributed by atoms with Gasteiger partial charge in [0, 0.05) is 54.2 Å². The summed E-state index contributed by atoms with van der Waals surface area (Å²) in [5, 5.41) is 2.47. The summed E-state index contributed by atoms with van der Waals surface area (Å²) < 4.78 is 7.06. The topological polar surface area (TPSA) is 15.7 Å². The van der Waals surface area contributed by atoms with Gasteiger partial charge < -0.3 is 14.5 Å². The summed E-state index contributed by atoms with van der Waals surface area (Å²) >= 11 is 0. The predicted octanol–water partition coefficient (Wildman–Crippen LogP) is 9.20. The molecule has 2 saturated heterocycles. The Labute approximate surface area is 240 Å². The molecule has 0 amide bonds. The Morgan fingerprint density at radius 3 is 1.65 bits per heavy atom. The molecule has 0 atom stereocenters. The summed E-state index contributed by atoms with van der Waals surface area (Å²) in [7, 11) is 0. The molecule has 0 radical (unpaired) electrons. The van der Waals surface area contributed by atoms with Crippen LogP contribution in [0.4, 0.5) is 11.4 Å². The second-order valence-electron chi connectivity index (χ2n) is 11.1.